The van der Waals surface area contributed by atoms with E-state index in [1.165, 1.54) is 32.0 Å². The Morgan fingerprint density at radius 3 is 1.69 bits per heavy atom. The van der Waals surface area contributed by atoms with Crippen molar-refractivity contribution in [2.24, 2.45) is 0 Å². The summed E-state index contributed by atoms with van der Waals surface area (Å²) < 4.78 is 16.4. The van der Waals surface area contributed by atoms with Crippen LogP contribution in [0.4, 0.5) is 0 Å². The van der Waals surface area contributed by atoms with E-state index < -0.39 is 23.8 Å². The lowest BCUT2D eigenvalue weighted by Gasteiger charge is -2.30. The van der Waals surface area contributed by atoms with Crippen LogP contribution in [0.5, 0.6) is 23.0 Å². The molecule has 0 atom stereocenters. The number of carboxylic acid groups (broad SMARTS) is 1. The summed E-state index contributed by atoms with van der Waals surface area (Å²) in [5.41, 5.74) is 1.66. The Labute approximate surface area is 212 Å². The molecule has 1 aliphatic heterocycles. The van der Waals surface area contributed by atoms with Crippen LogP contribution in [-0.4, -0.2) is 23.0 Å². The fourth-order valence-electron chi connectivity index (χ4n) is 3.76. The third kappa shape index (κ3) is 5.42. The predicted molar refractivity (Wildman–Crippen MR) is 131 cm³/mol. The van der Waals surface area contributed by atoms with Gasteiger partial charge in [0.15, 0.2) is 11.5 Å². The van der Waals surface area contributed by atoms with Crippen LogP contribution in [0.2, 0.25) is 10.0 Å². The molecule has 1 aliphatic rings. The van der Waals surface area contributed by atoms with Crippen molar-refractivity contribution in [2.45, 2.75) is 33.6 Å². The van der Waals surface area contributed by atoms with E-state index in [0.717, 1.165) is 0 Å². The summed E-state index contributed by atoms with van der Waals surface area (Å²) in [5.74, 6) is -2.10. The molecular formula is C26H22Cl2O7. The van der Waals surface area contributed by atoms with Crippen LogP contribution in [0.3, 0.4) is 0 Å². The highest BCUT2D eigenvalue weighted by molar-refractivity contribution is 6.32. The number of benzene rings is 3. The van der Waals surface area contributed by atoms with Crippen molar-refractivity contribution in [3.05, 3.63) is 80.8 Å². The maximum atomic E-state index is 12.0. The summed E-state index contributed by atoms with van der Waals surface area (Å²) in [5, 5.41) is 10.1. The maximum absolute atomic E-state index is 12.0. The highest BCUT2D eigenvalue weighted by Crippen LogP contribution is 2.52. The Morgan fingerprint density at radius 1 is 0.800 bits per heavy atom. The van der Waals surface area contributed by atoms with Gasteiger partial charge in [-0.3, -0.25) is 9.59 Å². The highest BCUT2D eigenvalue weighted by atomic mass is 35.5. The first kappa shape index (κ1) is 26.1. The third-order valence-electron chi connectivity index (χ3n) is 4.98. The average molecular weight is 517 g/mol. The minimum Gasteiger partial charge on any atom is -0.478 e. The molecule has 0 aromatic heterocycles. The number of carbonyl (C=O) groups excluding carboxylic acids is 2. The number of ether oxygens (including phenoxy) is 3. The first-order valence-electron chi connectivity index (χ1n) is 10.7. The second-order valence-electron chi connectivity index (χ2n) is 7.26. The average Bonchev–Trinajstić information content (AvgIpc) is 2.80. The molecule has 35 heavy (non-hydrogen) atoms. The molecule has 0 aliphatic carbocycles. The number of carboxylic acids is 1. The molecule has 182 valence electrons. The number of esters is 2. The topological polar surface area (TPSA) is 99.1 Å². The van der Waals surface area contributed by atoms with Crippen LogP contribution >= 0.6 is 23.2 Å². The van der Waals surface area contributed by atoms with Crippen LogP contribution in [0.1, 0.15) is 60.7 Å². The van der Waals surface area contributed by atoms with Crippen molar-refractivity contribution in [1.82, 2.24) is 0 Å². The van der Waals surface area contributed by atoms with Gasteiger partial charge in [-0.2, -0.15) is 0 Å². The first-order chi connectivity index (χ1) is 16.7. The molecule has 0 saturated carbocycles. The molecule has 9 heteroatoms. The van der Waals surface area contributed by atoms with Gasteiger partial charge in [-0.05, 0) is 23.8 Å². The van der Waals surface area contributed by atoms with Gasteiger partial charge in [0.25, 0.3) is 0 Å². The Hall–Kier alpha value is -3.55. The Balaban J connectivity index is 0.00000167. The van der Waals surface area contributed by atoms with Crippen LogP contribution in [0, 0.1) is 0 Å². The van der Waals surface area contributed by atoms with Gasteiger partial charge >= 0.3 is 17.9 Å². The lowest BCUT2D eigenvalue weighted by atomic mass is 9.80. The number of hydrogen-bond acceptors (Lipinski definition) is 6. The van der Waals surface area contributed by atoms with Crippen molar-refractivity contribution in [2.75, 3.05) is 0 Å². The molecule has 0 radical (unpaired) electrons. The standard InChI is InChI=1S/C24H16Cl2O7.C2H6/c1-11(27)31-21-9-19-15(7-17(21)25)23(13-5-3-4-6-14(13)24(29)30)16-8-18(26)22(32-12(2)28)10-20(16)33-19;1-2/h3-10,23H,1-2H3,(H,29,30);1-2H3. The van der Waals surface area contributed by atoms with Gasteiger partial charge in [0.1, 0.15) is 11.5 Å². The first-order valence-corrected chi connectivity index (χ1v) is 11.4. The van der Waals surface area contributed by atoms with E-state index in [1.54, 1.807) is 30.3 Å². The van der Waals surface area contributed by atoms with Crippen molar-refractivity contribution in [3.8, 4) is 23.0 Å². The summed E-state index contributed by atoms with van der Waals surface area (Å²) in [6, 6.07) is 12.6. The zero-order chi connectivity index (χ0) is 25.9. The van der Waals surface area contributed by atoms with Crippen molar-refractivity contribution < 1.29 is 33.7 Å². The zero-order valence-electron chi connectivity index (χ0n) is 19.3. The molecule has 4 rings (SSSR count). The van der Waals surface area contributed by atoms with E-state index >= 15 is 0 Å². The fraction of sp³-hybridized carbons (Fsp3) is 0.192. The van der Waals surface area contributed by atoms with E-state index in [9.17, 15) is 19.5 Å². The molecule has 0 spiro atoms. The van der Waals surface area contributed by atoms with E-state index in [2.05, 4.69) is 0 Å². The maximum Gasteiger partial charge on any atom is 0.335 e. The second-order valence-corrected chi connectivity index (χ2v) is 8.07. The summed E-state index contributed by atoms with van der Waals surface area (Å²) in [4.78, 5) is 34.9. The van der Waals surface area contributed by atoms with E-state index in [-0.39, 0.29) is 27.1 Å². The molecule has 1 N–H and O–H groups in total. The van der Waals surface area contributed by atoms with Crippen molar-refractivity contribution in [3.63, 3.8) is 0 Å². The number of rotatable bonds is 4. The van der Waals surface area contributed by atoms with Gasteiger partial charge in [-0.25, -0.2) is 4.79 Å². The minimum atomic E-state index is -1.11. The van der Waals surface area contributed by atoms with Gasteiger partial charge < -0.3 is 19.3 Å². The SMILES string of the molecule is CC.CC(=O)Oc1cc2c(cc1Cl)C(c1ccccc1C(=O)O)c1cc(Cl)c(OC(C)=O)cc1O2. The van der Waals surface area contributed by atoms with Crippen LogP contribution < -0.4 is 14.2 Å². The summed E-state index contributed by atoms with van der Waals surface area (Å²) in [6.45, 7) is 6.48. The lowest BCUT2D eigenvalue weighted by molar-refractivity contribution is -0.132. The second kappa shape index (κ2) is 10.8. The Bertz CT molecular complexity index is 1250. The van der Waals surface area contributed by atoms with E-state index in [0.29, 0.717) is 28.2 Å². The highest BCUT2D eigenvalue weighted by Gasteiger charge is 2.34. The normalized spacial score (nSPS) is 11.7. The quantitative estimate of drug-likeness (QED) is 0.233. The molecule has 0 amide bonds. The van der Waals surface area contributed by atoms with Crippen LogP contribution in [0.15, 0.2) is 48.5 Å². The monoisotopic (exact) mass is 516 g/mol. The van der Waals surface area contributed by atoms with Gasteiger partial charge in [0, 0.05) is 43.0 Å². The number of aromatic carboxylic acids is 1. The molecular weight excluding hydrogens is 495 g/mol. The molecule has 7 nitrogen and oxygen atoms in total. The van der Waals surface area contributed by atoms with Gasteiger partial charge in [0.05, 0.1) is 15.6 Å². The Kier molecular flexibility index (Phi) is 8.04. The molecule has 0 saturated heterocycles. The summed E-state index contributed by atoms with van der Waals surface area (Å²) >= 11 is 12.7. The molecule has 3 aromatic carbocycles. The minimum absolute atomic E-state index is 0.0849. The van der Waals surface area contributed by atoms with Crippen LogP contribution in [0.25, 0.3) is 0 Å². The van der Waals surface area contributed by atoms with E-state index in [4.69, 9.17) is 37.4 Å². The van der Waals surface area contributed by atoms with Gasteiger partial charge in [-0.1, -0.05) is 55.2 Å². The fourth-order valence-corrected chi connectivity index (χ4v) is 4.18. The van der Waals surface area contributed by atoms with Gasteiger partial charge in [-0.15, -0.1) is 0 Å². The van der Waals surface area contributed by atoms with Crippen molar-refractivity contribution in [1.29, 1.82) is 0 Å². The Morgan fingerprint density at radius 2 is 1.26 bits per heavy atom. The molecule has 0 unspecified atom stereocenters. The zero-order valence-corrected chi connectivity index (χ0v) is 20.9. The number of carbonyl (C=O) groups is 3. The van der Waals surface area contributed by atoms with E-state index in [1.807, 2.05) is 13.8 Å². The summed E-state index contributed by atoms with van der Waals surface area (Å²) in [6.07, 6.45) is 0. The smallest absolute Gasteiger partial charge is 0.335 e. The van der Waals surface area contributed by atoms with Crippen molar-refractivity contribution >= 4 is 41.1 Å². The lowest BCUT2D eigenvalue weighted by Crippen LogP contribution is -2.16. The largest absolute Gasteiger partial charge is 0.478 e. The molecule has 3 aromatic rings. The molecule has 0 fully saturated rings. The third-order valence-corrected chi connectivity index (χ3v) is 5.57. The number of halogens is 2. The van der Waals surface area contributed by atoms with Crippen LogP contribution in [-0.2, 0) is 9.59 Å². The van der Waals surface area contributed by atoms with Gasteiger partial charge in [0.2, 0.25) is 0 Å². The summed E-state index contributed by atoms with van der Waals surface area (Å²) in [7, 11) is 0. The number of hydrogen-bond donors (Lipinski definition) is 1. The molecule has 1 heterocycles. The number of fused-ring (bicyclic) bond motifs is 2. The molecule has 0 bridgehead atoms. The predicted octanol–water partition coefficient (Wildman–Crippen LogP) is 6.85.